The van der Waals surface area contributed by atoms with Crippen molar-refractivity contribution in [3.05, 3.63) is 0 Å². The molecule has 0 aromatic heterocycles. The average molecular weight is 184 g/mol. The van der Waals surface area contributed by atoms with Crippen molar-refractivity contribution in [2.24, 2.45) is 5.92 Å². The minimum atomic E-state index is -0.286. The first-order valence-electron chi connectivity index (χ1n) is 5.95. The van der Waals surface area contributed by atoms with Crippen LogP contribution in [-0.2, 0) is 0 Å². The standard InChI is InChI=1S/C12H24O/c1-3-5-9-12(13)10-6-8-11(12)7-4-2/h11,13H,3-10H2,1-2H3/t11-,12+/m1/s1. The molecule has 1 nitrogen and oxygen atoms in total. The molecule has 0 radical (unpaired) electrons. The van der Waals surface area contributed by atoms with Crippen molar-refractivity contribution in [3.63, 3.8) is 0 Å². The highest BCUT2D eigenvalue weighted by Crippen LogP contribution is 2.41. The molecule has 0 unspecified atom stereocenters. The van der Waals surface area contributed by atoms with Gasteiger partial charge in [-0.3, -0.25) is 0 Å². The van der Waals surface area contributed by atoms with Crippen LogP contribution in [0.2, 0.25) is 0 Å². The van der Waals surface area contributed by atoms with E-state index in [9.17, 15) is 5.11 Å². The quantitative estimate of drug-likeness (QED) is 0.693. The van der Waals surface area contributed by atoms with Gasteiger partial charge in [0.05, 0.1) is 5.60 Å². The van der Waals surface area contributed by atoms with Crippen molar-refractivity contribution < 1.29 is 5.11 Å². The fourth-order valence-corrected chi connectivity index (χ4v) is 2.70. The summed E-state index contributed by atoms with van der Waals surface area (Å²) in [6.45, 7) is 4.42. The number of hydrogen-bond donors (Lipinski definition) is 1. The molecule has 1 heteroatoms. The van der Waals surface area contributed by atoms with Gasteiger partial charge >= 0.3 is 0 Å². The Morgan fingerprint density at radius 3 is 2.69 bits per heavy atom. The van der Waals surface area contributed by atoms with Gasteiger partial charge < -0.3 is 5.11 Å². The summed E-state index contributed by atoms with van der Waals surface area (Å²) in [5.74, 6) is 0.601. The van der Waals surface area contributed by atoms with E-state index in [2.05, 4.69) is 13.8 Å². The monoisotopic (exact) mass is 184 g/mol. The van der Waals surface area contributed by atoms with Crippen molar-refractivity contribution in [3.8, 4) is 0 Å². The van der Waals surface area contributed by atoms with Gasteiger partial charge in [0.1, 0.15) is 0 Å². The zero-order valence-corrected chi connectivity index (χ0v) is 9.18. The van der Waals surface area contributed by atoms with Crippen LogP contribution in [0, 0.1) is 5.92 Å². The maximum atomic E-state index is 10.4. The van der Waals surface area contributed by atoms with Crippen LogP contribution in [0.3, 0.4) is 0 Å². The predicted molar refractivity (Wildman–Crippen MR) is 56.7 cm³/mol. The van der Waals surface area contributed by atoms with Crippen molar-refractivity contribution in [1.29, 1.82) is 0 Å². The second-order valence-electron chi connectivity index (χ2n) is 4.58. The highest BCUT2D eigenvalue weighted by Gasteiger charge is 2.39. The van der Waals surface area contributed by atoms with Gasteiger partial charge in [-0.15, -0.1) is 0 Å². The number of hydrogen-bond acceptors (Lipinski definition) is 1. The lowest BCUT2D eigenvalue weighted by Gasteiger charge is -2.30. The molecular weight excluding hydrogens is 160 g/mol. The maximum absolute atomic E-state index is 10.4. The van der Waals surface area contributed by atoms with Crippen LogP contribution in [0.4, 0.5) is 0 Å². The van der Waals surface area contributed by atoms with Crippen LogP contribution in [0.1, 0.15) is 65.2 Å². The van der Waals surface area contributed by atoms with E-state index in [0.717, 1.165) is 12.8 Å². The van der Waals surface area contributed by atoms with Gasteiger partial charge in [-0.1, -0.05) is 39.5 Å². The SMILES string of the molecule is CCCC[C@]1(O)CCC[C@H]1CCC. The normalized spacial score (nSPS) is 33.9. The smallest absolute Gasteiger partial charge is 0.0675 e. The molecule has 0 saturated heterocycles. The Kier molecular flexibility index (Phi) is 4.24. The third-order valence-electron chi connectivity index (χ3n) is 3.52. The molecule has 0 amide bonds. The Balaban J connectivity index is 2.43. The van der Waals surface area contributed by atoms with E-state index >= 15 is 0 Å². The number of rotatable bonds is 5. The Hall–Kier alpha value is -0.0400. The third-order valence-corrected chi connectivity index (χ3v) is 3.52. The second kappa shape index (κ2) is 4.99. The van der Waals surface area contributed by atoms with Crippen LogP contribution >= 0.6 is 0 Å². The first-order chi connectivity index (χ1) is 6.23. The Morgan fingerprint density at radius 1 is 1.31 bits per heavy atom. The predicted octanol–water partition coefficient (Wildman–Crippen LogP) is 3.51. The molecule has 0 heterocycles. The first-order valence-corrected chi connectivity index (χ1v) is 5.95. The van der Waals surface area contributed by atoms with Gasteiger partial charge in [-0.05, 0) is 31.6 Å². The lowest BCUT2D eigenvalue weighted by atomic mass is 9.83. The molecule has 1 aliphatic carbocycles. The van der Waals surface area contributed by atoms with E-state index in [1.807, 2.05) is 0 Å². The van der Waals surface area contributed by atoms with E-state index in [0.29, 0.717) is 5.92 Å². The molecule has 1 N–H and O–H groups in total. The minimum Gasteiger partial charge on any atom is -0.390 e. The molecule has 1 saturated carbocycles. The summed E-state index contributed by atoms with van der Waals surface area (Å²) in [5.41, 5.74) is -0.286. The van der Waals surface area contributed by atoms with Gasteiger partial charge in [0, 0.05) is 0 Å². The third kappa shape index (κ3) is 2.70. The van der Waals surface area contributed by atoms with Crippen LogP contribution in [0.25, 0.3) is 0 Å². The van der Waals surface area contributed by atoms with Gasteiger partial charge in [0.2, 0.25) is 0 Å². The molecular formula is C12H24O. The Morgan fingerprint density at radius 2 is 2.08 bits per heavy atom. The summed E-state index contributed by atoms with van der Waals surface area (Å²) in [7, 11) is 0. The maximum Gasteiger partial charge on any atom is 0.0675 e. The highest BCUT2D eigenvalue weighted by molar-refractivity contribution is 4.91. The summed E-state index contributed by atoms with van der Waals surface area (Å²) in [6.07, 6.45) is 9.43. The molecule has 1 aliphatic rings. The van der Waals surface area contributed by atoms with E-state index in [-0.39, 0.29) is 5.60 Å². The molecule has 0 aliphatic heterocycles. The first kappa shape index (κ1) is 11.0. The topological polar surface area (TPSA) is 20.2 Å². The largest absolute Gasteiger partial charge is 0.390 e. The number of aliphatic hydroxyl groups is 1. The van der Waals surface area contributed by atoms with Crippen LogP contribution < -0.4 is 0 Å². The lowest BCUT2D eigenvalue weighted by molar-refractivity contribution is -0.0106. The number of unbranched alkanes of at least 4 members (excludes halogenated alkanes) is 1. The summed E-state index contributed by atoms with van der Waals surface area (Å²) in [6, 6.07) is 0. The van der Waals surface area contributed by atoms with E-state index in [4.69, 9.17) is 0 Å². The minimum absolute atomic E-state index is 0.286. The molecule has 13 heavy (non-hydrogen) atoms. The molecule has 0 spiro atoms. The average Bonchev–Trinajstić information content (AvgIpc) is 2.46. The molecule has 2 atom stereocenters. The van der Waals surface area contributed by atoms with Crippen LogP contribution in [0.15, 0.2) is 0 Å². The van der Waals surface area contributed by atoms with Crippen molar-refractivity contribution >= 4 is 0 Å². The Bertz CT molecular complexity index is 144. The van der Waals surface area contributed by atoms with Crippen molar-refractivity contribution in [1.82, 2.24) is 0 Å². The highest BCUT2D eigenvalue weighted by atomic mass is 16.3. The lowest BCUT2D eigenvalue weighted by Crippen LogP contribution is -2.32. The van der Waals surface area contributed by atoms with E-state index in [1.165, 1.54) is 38.5 Å². The summed E-state index contributed by atoms with van der Waals surface area (Å²) in [4.78, 5) is 0. The molecule has 0 bridgehead atoms. The summed E-state index contributed by atoms with van der Waals surface area (Å²) in [5, 5.41) is 10.4. The van der Waals surface area contributed by atoms with Crippen molar-refractivity contribution in [2.75, 3.05) is 0 Å². The van der Waals surface area contributed by atoms with E-state index < -0.39 is 0 Å². The van der Waals surface area contributed by atoms with Crippen LogP contribution in [-0.4, -0.2) is 10.7 Å². The molecule has 0 aromatic carbocycles. The summed E-state index contributed by atoms with van der Waals surface area (Å²) < 4.78 is 0. The molecule has 1 fully saturated rings. The van der Waals surface area contributed by atoms with E-state index in [1.54, 1.807) is 0 Å². The van der Waals surface area contributed by atoms with Crippen molar-refractivity contribution in [2.45, 2.75) is 70.8 Å². The molecule has 1 rings (SSSR count). The fourth-order valence-electron chi connectivity index (χ4n) is 2.70. The Labute approximate surface area is 82.5 Å². The van der Waals surface area contributed by atoms with Gasteiger partial charge in [-0.25, -0.2) is 0 Å². The second-order valence-corrected chi connectivity index (χ2v) is 4.58. The summed E-state index contributed by atoms with van der Waals surface area (Å²) >= 11 is 0. The van der Waals surface area contributed by atoms with Gasteiger partial charge in [-0.2, -0.15) is 0 Å². The van der Waals surface area contributed by atoms with Crippen LogP contribution in [0.5, 0.6) is 0 Å². The van der Waals surface area contributed by atoms with Gasteiger partial charge in [0.15, 0.2) is 0 Å². The molecule has 78 valence electrons. The van der Waals surface area contributed by atoms with Gasteiger partial charge in [0.25, 0.3) is 0 Å². The molecule has 0 aromatic rings. The zero-order chi connectivity index (χ0) is 9.73. The fraction of sp³-hybridized carbons (Fsp3) is 1.00. The zero-order valence-electron chi connectivity index (χ0n) is 9.18.